The van der Waals surface area contributed by atoms with Gasteiger partial charge >= 0.3 is 5.97 Å². The zero-order valence-corrected chi connectivity index (χ0v) is 12.2. The predicted octanol–water partition coefficient (Wildman–Crippen LogP) is 1.73. The molecule has 6 nitrogen and oxygen atoms in total. The van der Waals surface area contributed by atoms with Crippen molar-refractivity contribution < 1.29 is 14.7 Å². The number of nitrogens with zero attached hydrogens (tertiary/aromatic N) is 3. The van der Waals surface area contributed by atoms with Crippen LogP contribution in [0.2, 0.25) is 0 Å². The van der Waals surface area contributed by atoms with Gasteiger partial charge in [0.05, 0.1) is 5.69 Å². The highest BCUT2D eigenvalue weighted by molar-refractivity contribution is 7.10. The van der Waals surface area contributed by atoms with Gasteiger partial charge in [-0.15, -0.1) is 16.4 Å². The first-order valence-electron chi connectivity index (χ1n) is 5.98. The number of hydrogen-bond acceptors (Lipinski definition) is 6. The molecule has 1 N–H and O–H groups in total. The Morgan fingerprint density at radius 1 is 1.50 bits per heavy atom. The minimum atomic E-state index is -1.01. The molecule has 0 saturated carbocycles. The maximum atomic E-state index is 12.5. The highest BCUT2D eigenvalue weighted by Crippen LogP contribution is 2.34. The molecule has 2 aromatic rings. The van der Waals surface area contributed by atoms with Crippen LogP contribution in [0.3, 0.4) is 0 Å². The van der Waals surface area contributed by atoms with Gasteiger partial charge in [-0.3, -0.25) is 4.79 Å². The third-order valence-electron chi connectivity index (χ3n) is 3.31. The molecule has 20 heavy (non-hydrogen) atoms. The summed E-state index contributed by atoms with van der Waals surface area (Å²) < 4.78 is 3.74. The van der Waals surface area contributed by atoms with Gasteiger partial charge in [0.2, 0.25) is 0 Å². The number of carbonyl (C=O) groups excluding carboxylic acids is 1. The molecule has 3 rings (SSSR count). The fraction of sp³-hybridized carbons (Fsp3) is 0.333. The van der Waals surface area contributed by atoms with Crippen LogP contribution in [0.5, 0.6) is 0 Å². The summed E-state index contributed by atoms with van der Waals surface area (Å²) in [5.74, 6) is -1.31. The third kappa shape index (κ3) is 2.01. The number of aromatic nitrogens is 2. The number of rotatable bonds is 2. The summed E-state index contributed by atoms with van der Waals surface area (Å²) in [5.41, 5.74) is 1.26. The topological polar surface area (TPSA) is 83.4 Å². The average Bonchev–Trinajstić information content (AvgIpc) is 3.04. The van der Waals surface area contributed by atoms with Crippen molar-refractivity contribution in [3.8, 4) is 0 Å². The molecule has 0 bridgehead atoms. The maximum absolute atomic E-state index is 12.5. The molecule has 1 amide bonds. The number of carbonyl (C=O) groups is 2. The smallest absolute Gasteiger partial charge is 0.331 e. The van der Waals surface area contributed by atoms with Crippen molar-refractivity contribution in [3.05, 3.63) is 32.5 Å². The highest BCUT2D eigenvalue weighted by Gasteiger charge is 2.38. The van der Waals surface area contributed by atoms with Crippen molar-refractivity contribution in [2.24, 2.45) is 0 Å². The molecular formula is C12H11N3O3S2. The second-order valence-electron chi connectivity index (χ2n) is 4.48. The summed E-state index contributed by atoms with van der Waals surface area (Å²) in [6.07, 6.45) is 0.688. The van der Waals surface area contributed by atoms with Crippen LogP contribution in [0.25, 0.3) is 0 Å². The summed E-state index contributed by atoms with van der Waals surface area (Å²) in [7, 11) is 0. The van der Waals surface area contributed by atoms with E-state index < -0.39 is 12.0 Å². The molecule has 0 saturated heterocycles. The zero-order valence-electron chi connectivity index (χ0n) is 10.6. The standard InChI is InChI=1S/C12H11N3O3S2/c1-6-10(20-14-13-6)11(16)15-4-2-8-7(3-5-19-8)9(15)12(17)18/h3,5,9H,2,4H2,1H3,(H,17,18). The van der Waals surface area contributed by atoms with Gasteiger partial charge in [0.25, 0.3) is 5.91 Å². The normalized spacial score (nSPS) is 17.9. The van der Waals surface area contributed by atoms with Crippen molar-refractivity contribution in [2.75, 3.05) is 6.54 Å². The molecule has 0 aromatic carbocycles. The van der Waals surface area contributed by atoms with Crippen LogP contribution in [0, 0.1) is 6.92 Å². The Morgan fingerprint density at radius 2 is 2.30 bits per heavy atom. The average molecular weight is 309 g/mol. The van der Waals surface area contributed by atoms with Crippen LogP contribution in [0.1, 0.15) is 31.8 Å². The molecule has 1 aliphatic heterocycles. The van der Waals surface area contributed by atoms with Gasteiger partial charge in [0.15, 0.2) is 6.04 Å². The van der Waals surface area contributed by atoms with E-state index in [1.54, 1.807) is 13.0 Å². The van der Waals surface area contributed by atoms with Gasteiger partial charge in [0, 0.05) is 11.4 Å². The molecule has 2 aromatic heterocycles. The van der Waals surface area contributed by atoms with Gasteiger partial charge < -0.3 is 10.0 Å². The lowest BCUT2D eigenvalue weighted by molar-refractivity contribution is -0.142. The van der Waals surface area contributed by atoms with Gasteiger partial charge in [-0.1, -0.05) is 4.49 Å². The zero-order chi connectivity index (χ0) is 14.3. The number of aryl methyl sites for hydroxylation is 1. The lowest BCUT2D eigenvalue weighted by Crippen LogP contribution is -2.43. The van der Waals surface area contributed by atoms with Gasteiger partial charge in [-0.05, 0) is 41.9 Å². The van der Waals surface area contributed by atoms with Crippen molar-refractivity contribution in [2.45, 2.75) is 19.4 Å². The Morgan fingerprint density at radius 3 is 2.95 bits per heavy atom. The number of hydrogen-bond donors (Lipinski definition) is 1. The van der Waals surface area contributed by atoms with Crippen molar-refractivity contribution in [1.29, 1.82) is 0 Å². The second-order valence-corrected chi connectivity index (χ2v) is 6.23. The fourth-order valence-electron chi connectivity index (χ4n) is 2.36. The minimum Gasteiger partial charge on any atom is -0.479 e. The number of carboxylic acids is 1. The number of aliphatic carboxylic acids is 1. The maximum Gasteiger partial charge on any atom is 0.331 e. The summed E-state index contributed by atoms with van der Waals surface area (Å²) in [4.78, 5) is 26.9. The van der Waals surface area contributed by atoms with E-state index in [9.17, 15) is 14.7 Å². The van der Waals surface area contributed by atoms with Crippen LogP contribution in [0.15, 0.2) is 11.4 Å². The summed E-state index contributed by atoms with van der Waals surface area (Å²) in [5, 5.41) is 15.2. The van der Waals surface area contributed by atoms with E-state index in [4.69, 9.17) is 0 Å². The summed E-state index contributed by atoms with van der Waals surface area (Å²) in [6, 6.07) is 0.870. The van der Waals surface area contributed by atoms with E-state index in [0.29, 0.717) is 23.5 Å². The largest absolute Gasteiger partial charge is 0.479 e. The van der Waals surface area contributed by atoms with Crippen LogP contribution in [-0.4, -0.2) is 38.0 Å². The molecule has 1 atom stereocenters. The first kappa shape index (κ1) is 13.2. The van der Waals surface area contributed by atoms with Crippen LogP contribution >= 0.6 is 22.9 Å². The second kappa shape index (κ2) is 4.95. The third-order valence-corrected chi connectivity index (χ3v) is 5.12. The number of amides is 1. The van der Waals surface area contributed by atoms with E-state index >= 15 is 0 Å². The molecule has 1 aliphatic rings. The van der Waals surface area contributed by atoms with Crippen LogP contribution in [-0.2, 0) is 11.2 Å². The van der Waals surface area contributed by atoms with Crippen molar-refractivity contribution in [3.63, 3.8) is 0 Å². The Balaban J connectivity index is 2.00. The number of carboxylic acid groups (broad SMARTS) is 1. The molecular weight excluding hydrogens is 298 g/mol. The fourth-order valence-corrected chi connectivity index (χ4v) is 3.88. The first-order valence-corrected chi connectivity index (χ1v) is 7.64. The SMILES string of the molecule is Cc1nnsc1C(=O)N1CCc2sccc2C1C(=O)O. The first-order chi connectivity index (χ1) is 9.59. The monoisotopic (exact) mass is 309 g/mol. The van der Waals surface area contributed by atoms with E-state index in [2.05, 4.69) is 9.59 Å². The van der Waals surface area contributed by atoms with E-state index in [0.717, 1.165) is 22.0 Å². The van der Waals surface area contributed by atoms with Gasteiger partial charge in [-0.25, -0.2) is 4.79 Å². The Kier molecular flexibility index (Phi) is 3.27. The Bertz CT molecular complexity index is 679. The van der Waals surface area contributed by atoms with Gasteiger partial charge in [-0.2, -0.15) is 0 Å². The molecule has 3 heterocycles. The Hall–Kier alpha value is -1.80. The minimum absolute atomic E-state index is 0.304. The van der Waals surface area contributed by atoms with E-state index in [1.807, 2.05) is 5.38 Å². The van der Waals surface area contributed by atoms with Gasteiger partial charge in [0.1, 0.15) is 4.88 Å². The Labute approximate surface area is 122 Å². The summed E-state index contributed by atoms with van der Waals surface area (Å²) in [6.45, 7) is 2.10. The van der Waals surface area contributed by atoms with E-state index in [-0.39, 0.29) is 5.91 Å². The van der Waals surface area contributed by atoms with Crippen molar-refractivity contribution >= 4 is 34.7 Å². The highest BCUT2D eigenvalue weighted by atomic mass is 32.1. The lowest BCUT2D eigenvalue weighted by atomic mass is 9.99. The van der Waals surface area contributed by atoms with Crippen LogP contribution in [0.4, 0.5) is 0 Å². The molecule has 0 aliphatic carbocycles. The molecule has 0 radical (unpaired) electrons. The molecule has 8 heteroatoms. The molecule has 0 spiro atoms. The predicted molar refractivity (Wildman–Crippen MR) is 74.1 cm³/mol. The lowest BCUT2D eigenvalue weighted by Gasteiger charge is -2.32. The number of thiophene rings is 1. The van der Waals surface area contributed by atoms with Crippen LogP contribution < -0.4 is 0 Å². The van der Waals surface area contributed by atoms with E-state index in [1.165, 1.54) is 16.2 Å². The molecule has 0 fully saturated rings. The van der Waals surface area contributed by atoms with Crippen molar-refractivity contribution in [1.82, 2.24) is 14.5 Å². The quantitative estimate of drug-likeness (QED) is 0.913. The number of fused-ring (bicyclic) bond motifs is 1. The molecule has 1 unspecified atom stereocenters. The molecule has 104 valence electrons. The summed E-state index contributed by atoms with van der Waals surface area (Å²) >= 11 is 2.54.